The van der Waals surface area contributed by atoms with Gasteiger partial charge in [-0.25, -0.2) is 0 Å². The Morgan fingerprint density at radius 1 is 1.24 bits per heavy atom. The molecule has 0 radical (unpaired) electrons. The van der Waals surface area contributed by atoms with E-state index in [1.807, 2.05) is 18.2 Å². The summed E-state index contributed by atoms with van der Waals surface area (Å²) in [5.74, 6) is 0. The van der Waals surface area contributed by atoms with Crippen molar-refractivity contribution in [2.24, 2.45) is 0 Å². The quantitative estimate of drug-likeness (QED) is 0.873. The van der Waals surface area contributed by atoms with Gasteiger partial charge in [-0.1, -0.05) is 15.9 Å². The average Bonchev–Trinajstić information content (AvgIpc) is 2.71. The number of aromatic nitrogens is 1. The van der Waals surface area contributed by atoms with E-state index in [2.05, 4.69) is 20.9 Å². The maximum absolute atomic E-state index is 8.94. The Balaban J connectivity index is 2.33. The fourth-order valence-corrected chi connectivity index (χ4v) is 1.92. The number of halogens is 1. The van der Waals surface area contributed by atoms with E-state index in [4.69, 9.17) is 14.6 Å². The molecule has 0 bridgehead atoms. The largest absolute Gasteiger partial charge is 0.423 e. The Morgan fingerprint density at radius 2 is 1.94 bits per heavy atom. The maximum atomic E-state index is 8.94. The lowest BCUT2D eigenvalue weighted by Gasteiger charge is -2.17. The number of oxazole rings is 1. The van der Waals surface area contributed by atoms with Crippen LogP contribution in [-0.2, 0) is 0 Å². The summed E-state index contributed by atoms with van der Waals surface area (Å²) >= 11 is 3.36. The molecule has 0 aliphatic rings. The van der Waals surface area contributed by atoms with Crippen molar-refractivity contribution in [3.63, 3.8) is 0 Å². The van der Waals surface area contributed by atoms with Gasteiger partial charge >= 0.3 is 0 Å². The highest BCUT2D eigenvalue weighted by Crippen LogP contribution is 2.24. The van der Waals surface area contributed by atoms with Gasteiger partial charge in [0.1, 0.15) is 5.52 Å². The molecular weight excluding hydrogens is 288 g/mol. The monoisotopic (exact) mass is 300 g/mol. The first-order valence-electron chi connectivity index (χ1n) is 5.27. The van der Waals surface area contributed by atoms with Crippen molar-refractivity contribution in [1.82, 2.24) is 4.98 Å². The number of nitrogens with zero attached hydrogens (tertiary/aromatic N) is 2. The molecule has 1 heterocycles. The second-order valence-electron chi connectivity index (χ2n) is 3.54. The fraction of sp³-hybridized carbons (Fsp3) is 0.364. The standard InChI is InChI=1S/C11H13BrN2O3/c12-8-1-2-10-9(7-8)13-11(17-10)14(3-5-15)4-6-16/h1-2,7,15-16H,3-6H2. The van der Waals surface area contributed by atoms with Crippen LogP contribution in [0.3, 0.4) is 0 Å². The molecule has 0 aliphatic carbocycles. The number of benzene rings is 1. The molecule has 92 valence electrons. The van der Waals surface area contributed by atoms with Crippen LogP contribution < -0.4 is 4.90 Å². The molecular formula is C11H13BrN2O3. The zero-order valence-corrected chi connectivity index (χ0v) is 10.7. The smallest absolute Gasteiger partial charge is 0.298 e. The van der Waals surface area contributed by atoms with Crippen molar-refractivity contribution in [2.75, 3.05) is 31.2 Å². The van der Waals surface area contributed by atoms with Crippen LogP contribution in [0.2, 0.25) is 0 Å². The molecule has 5 nitrogen and oxygen atoms in total. The minimum absolute atomic E-state index is 0.0115. The second kappa shape index (κ2) is 5.48. The van der Waals surface area contributed by atoms with Gasteiger partial charge in [0.2, 0.25) is 0 Å². The zero-order valence-electron chi connectivity index (χ0n) is 9.14. The summed E-state index contributed by atoms with van der Waals surface area (Å²) in [7, 11) is 0. The first-order chi connectivity index (χ1) is 8.24. The Kier molecular flexibility index (Phi) is 3.98. The first kappa shape index (κ1) is 12.3. The Morgan fingerprint density at radius 3 is 2.59 bits per heavy atom. The molecule has 0 amide bonds. The molecule has 17 heavy (non-hydrogen) atoms. The predicted octanol–water partition coefficient (Wildman–Crippen LogP) is 1.38. The number of aliphatic hydroxyl groups excluding tert-OH is 2. The van der Waals surface area contributed by atoms with Crippen molar-refractivity contribution in [3.05, 3.63) is 22.7 Å². The van der Waals surface area contributed by atoms with Crippen LogP contribution in [0.1, 0.15) is 0 Å². The second-order valence-corrected chi connectivity index (χ2v) is 4.46. The van der Waals surface area contributed by atoms with Gasteiger partial charge in [0.25, 0.3) is 6.01 Å². The van der Waals surface area contributed by atoms with Crippen LogP contribution in [0.25, 0.3) is 11.1 Å². The minimum atomic E-state index is -0.0115. The van der Waals surface area contributed by atoms with Gasteiger partial charge in [0.05, 0.1) is 13.2 Å². The molecule has 0 saturated carbocycles. The summed E-state index contributed by atoms with van der Waals surface area (Å²) in [4.78, 5) is 6.02. The number of anilines is 1. The van der Waals surface area contributed by atoms with Crippen molar-refractivity contribution >= 4 is 33.0 Å². The van der Waals surface area contributed by atoms with E-state index in [1.165, 1.54) is 0 Å². The van der Waals surface area contributed by atoms with Gasteiger partial charge in [-0.15, -0.1) is 0 Å². The van der Waals surface area contributed by atoms with Gasteiger partial charge in [0.15, 0.2) is 5.58 Å². The molecule has 1 aromatic heterocycles. The van der Waals surface area contributed by atoms with Crippen molar-refractivity contribution < 1.29 is 14.6 Å². The van der Waals surface area contributed by atoms with Gasteiger partial charge in [0, 0.05) is 17.6 Å². The molecule has 6 heteroatoms. The number of hydrogen-bond donors (Lipinski definition) is 2. The average molecular weight is 301 g/mol. The molecule has 0 saturated heterocycles. The van der Waals surface area contributed by atoms with Crippen molar-refractivity contribution in [2.45, 2.75) is 0 Å². The summed E-state index contributed by atoms with van der Waals surface area (Å²) in [5.41, 5.74) is 1.43. The number of hydrogen-bond acceptors (Lipinski definition) is 5. The van der Waals surface area contributed by atoms with E-state index in [9.17, 15) is 0 Å². The van der Waals surface area contributed by atoms with Gasteiger partial charge in [-0.2, -0.15) is 4.98 Å². The third kappa shape index (κ3) is 2.77. The van der Waals surface area contributed by atoms with E-state index < -0.39 is 0 Å². The van der Waals surface area contributed by atoms with Crippen LogP contribution in [0.5, 0.6) is 0 Å². The third-order valence-corrected chi connectivity index (χ3v) is 2.84. The van der Waals surface area contributed by atoms with Crippen LogP contribution in [0.15, 0.2) is 27.1 Å². The zero-order chi connectivity index (χ0) is 12.3. The Hall–Kier alpha value is -1.11. The SMILES string of the molecule is OCCN(CCO)c1nc2cc(Br)ccc2o1. The number of aliphatic hydroxyl groups is 2. The van der Waals surface area contributed by atoms with E-state index in [1.54, 1.807) is 4.90 Å². The molecule has 0 spiro atoms. The topological polar surface area (TPSA) is 69.7 Å². The third-order valence-electron chi connectivity index (χ3n) is 2.35. The highest BCUT2D eigenvalue weighted by Gasteiger charge is 2.13. The van der Waals surface area contributed by atoms with Crippen LogP contribution in [0.4, 0.5) is 6.01 Å². The van der Waals surface area contributed by atoms with E-state index >= 15 is 0 Å². The van der Waals surface area contributed by atoms with Gasteiger partial charge in [-0.05, 0) is 18.2 Å². The van der Waals surface area contributed by atoms with Crippen LogP contribution in [-0.4, -0.2) is 41.5 Å². The lowest BCUT2D eigenvalue weighted by molar-refractivity contribution is 0.277. The summed E-state index contributed by atoms with van der Waals surface area (Å²) < 4.78 is 6.49. The molecule has 1 aromatic carbocycles. The Bertz CT molecular complexity index is 494. The molecule has 2 N–H and O–H groups in total. The van der Waals surface area contributed by atoms with E-state index in [0.717, 1.165) is 9.99 Å². The predicted molar refractivity (Wildman–Crippen MR) is 68.1 cm³/mol. The number of fused-ring (bicyclic) bond motifs is 1. The van der Waals surface area contributed by atoms with Gasteiger partial charge in [-0.3, -0.25) is 0 Å². The highest BCUT2D eigenvalue weighted by molar-refractivity contribution is 9.10. The lowest BCUT2D eigenvalue weighted by Crippen LogP contribution is -2.29. The fourth-order valence-electron chi connectivity index (χ4n) is 1.57. The molecule has 2 aromatic rings. The summed E-state index contributed by atoms with van der Waals surface area (Å²) in [6.07, 6.45) is 0. The molecule has 0 aliphatic heterocycles. The summed E-state index contributed by atoms with van der Waals surface area (Å²) in [5, 5.41) is 17.9. The first-order valence-corrected chi connectivity index (χ1v) is 6.06. The number of rotatable bonds is 5. The highest BCUT2D eigenvalue weighted by atomic mass is 79.9. The summed E-state index contributed by atoms with van der Waals surface area (Å²) in [6.45, 7) is 0.744. The van der Waals surface area contributed by atoms with Crippen molar-refractivity contribution in [1.29, 1.82) is 0 Å². The normalized spacial score (nSPS) is 11.0. The summed E-state index contributed by atoms with van der Waals surface area (Å²) in [6, 6.07) is 5.98. The van der Waals surface area contributed by atoms with Crippen molar-refractivity contribution in [3.8, 4) is 0 Å². The van der Waals surface area contributed by atoms with Crippen LogP contribution >= 0.6 is 15.9 Å². The van der Waals surface area contributed by atoms with E-state index in [0.29, 0.717) is 24.7 Å². The van der Waals surface area contributed by atoms with Gasteiger partial charge < -0.3 is 19.5 Å². The lowest BCUT2D eigenvalue weighted by atomic mass is 10.3. The van der Waals surface area contributed by atoms with E-state index in [-0.39, 0.29) is 13.2 Å². The maximum Gasteiger partial charge on any atom is 0.298 e. The minimum Gasteiger partial charge on any atom is -0.423 e. The Labute approximate surface area is 107 Å². The molecule has 0 atom stereocenters. The molecule has 0 fully saturated rings. The molecule has 0 unspecified atom stereocenters. The van der Waals surface area contributed by atoms with Crippen LogP contribution in [0, 0.1) is 0 Å². The molecule has 2 rings (SSSR count).